The lowest BCUT2D eigenvalue weighted by atomic mass is 9.97. The number of ether oxygens (including phenoxy) is 1. The van der Waals surface area contributed by atoms with Crippen LogP contribution in [0.15, 0.2) is 35.1 Å². The first-order chi connectivity index (χ1) is 13.9. The molecule has 29 heavy (non-hydrogen) atoms. The zero-order valence-electron chi connectivity index (χ0n) is 17.2. The van der Waals surface area contributed by atoms with Crippen molar-refractivity contribution in [3.63, 3.8) is 0 Å². The lowest BCUT2D eigenvalue weighted by Crippen LogP contribution is -3.14. The number of rotatable bonds is 6. The fourth-order valence-corrected chi connectivity index (χ4v) is 3.82. The van der Waals surface area contributed by atoms with Crippen LogP contribution < -0.4 is 15.8 Å². The molecule has 1 saturated heterocycles. The second-order valence-corrected chi connectivity index (χ2v) is 7.44. The van der Waals surface area contributed by atoms with Gasteiger partial charge in [0.25, 0.3) is 11.5 Å². The molecule has 0 bridgehead atoms. The molecule has 2 aromatic rings. The smallest absolute Gasteiger partial charge is 0.309 e. The Balaban J connectivity index is 1.64. The molecule has 2 heterocycles. The first-order valence-corrected chi connectivity index (χ1v) is 10.1. The molecule has 0 radical (unpaired) electrons. The van der Waals surface area contributed by atoms with Crippen LogP contribution in [-0.4, -0.2) is 47.5 Å². The number of para-hydroxylation sites is 1. The van der Waals surface area contributed by atoms with Crippen molar-refractivity contribution in [2.45, 2.75) is 26.7 Å². The van der Waals surface area contributed by atoms with Crippen molar-refractivity contribution < 1.29 is 19.2 Å². The van der Waals surface area contributed by atoms with Crippen LogP contribution in [0.2, 0.25) is 0 Å². The van der Waals surface area contributed by atoms with E-state index in [1.807, 2.05) is 37.3 Å². The molecular weight excluding hydrogens is 372 g/mol. The summed E-state index contributed by atoms with van der Waals surface area (Å²) in [7, 11) is 1.80. The van der Waals surface area contributed by atoms with Gasteiger partial charge in [0.1, 0.15) is 5.69 Å². The largest absolute Gasteiger partial charge is 0.466 e. The Bertz CT molecular complexity index is 924. The van der Waals surface area contributed by atoms with E-state index in [1.165, 1.54) is 0 Å². The number of hydrogen-bond donors (Lipinski definition) is 2. The van der Waals surface area contributed by atoms with Gasteiger partial charge in [0.2, 0.25) is 0 Å². The molecule has 0 saturated carbocycles. The molecule has 8 heteroatoms. The summed E-state index contributed by atoms with van der Waals surface area (Å²) in [5.74, 6) is -0.408. The van der Waals surface area contributed by atoms with Crippen LogP contribution in [0, 0.1) is 12.8 Å². The molecule has 8 nitrogen and oxygen atoms in total. The van der Waals surface area contributed by atoms with Gasteiger partial charge >= 0.3 is 5.97 Å². The third-order valence-corrected chi connectivity index (χ3v) is 5.54. The van der Waals surface area contributed by atoms with Gasteiger partial charge in [-0.25, -0.2) is 4.68 Å². The number of hydrogen-bond acceptors (Lipinski definition) is 4. The highest BCUT2D eigenvalue weighted by atomic mass is 16.5. The number of likely N-dealkylation sites (tertiary alicyclic amines) is 1. The normalized spacial score (nSPS) is 19.0. The van der Waals surface area contributed by atoms with Crippen LogP contribution in [0.1, 0.15) is 25.5 Å². The van der Waals surface area contributed by atoms with E-state index in [0.717, 1.165) is 23.7 Å². The molecule has 1 aliphatic rings. The number of benzene rings is 1. The van der Waals surface area contributed by atoms with Gasteiger partial charge in [0, 0.05) is 19.9 Å². The number of esters is 1. The Kier molecular flexibility index (Phi) is 6.53. The minimum atomic E-state index is -0.249. The van der Waals surface area contributed by atoms with Crippen molar-refractivity contribution in [3.8, 4) is 5.69 Å². The first-order valence-electron chi connectivity index (χ1n) is 10.1. The van der Waals surface area contributed by atoms with Crippen LogP contribution in [0.4, 0.5) is 5.69 Å². The Morgan fingerprint density at radius 1 is 1.21 bits per heavy atom. The van der Waals surface area contributed by atoms with Gasteiger partial charge in [0.15, 0.2) is 6.54 Å². The molecule has 1 amide bonds. The van der Waals surface area contributed by atoms with Crippen molar-refractivity contribution in [3.05, 3.63) is 46.4 Å². The number of anilines is 1. The van der Waals surface area contributed by atoms with Crippen molar-refractivity contribution in [2.24, 2.45) is 13.0 Å². The maximum absolute atomic E-state index is 12.9. The Morgan fingerprint density at radius 2 is 1.86 bits per heavy atom. The summed E-state index contributed by atoms with van der Waals surface area (Å²) in [5, 5.41) is 2.81. The van der Waals surface area contributed by atoms with E-state index in [-0.39, 0.29) is 29.9 Å². The summed E-state index contributed by atoms with van der Waals surface area (Å²) in [6.45, 7) is 5.76. The molecule has 1 fully saturated rings. The number of carbonyl (C=O) groups is 2. The van der Waals surface area contributed by atoms with E-state index in [4.69, 9.17) is 4.74 Å². The molecule has 2 N–H and O–H groups in total. The van der Waals surface area contributed by atoms with Gasteiger partial charge < -0.3 is 15.0 Å². The number of aromatic nitrogens is 2. The van der Waals surface area contributed by atoms with Crippen molar-refractivity contribution >= 4 is 17.6 Å². The van der Waals surface area contributed by atoms with Crippen molar-refractivity contribution in [2.75, 3.05) is 31.6 Å². The topological polar surface area (TPSA) is 86.8 Å². The number of amides is 1. The van der Waals surface area contributed by atoms with E-state index in [2.05, 4.69) is 5.32 Å². The lowest BCUT2D eigenvalue weighted by molar-refractivity contribution is -0.897. The van der Waals surface area contributed by atoms with Crippen LogP contribution >= 0.6 is 0 Å². The van der Waals surface area contributed by atoms with E-state index in [1.54, 1.807) is 23.3 Å². The molecule has 1 aliphatic heterocycles. The van der Waals surface area contributed by atoms with E-state index in [9.17, 15) is 14.4 Å². The number of nitrogens with zero attached hydrogens (tertiary/aromatic N) is 2. The van der Waals surface area contributed by atoms with Gasteiger partial charge in [-0.2, -0.15) is 0 Å². The molecule has 0 aliphatic carbocycles. The summed E-state index contributed by atoms with van der Waals surface area (Å²) >= 11 is 0. The Labute approximate surface area is 170 Å². The minimum absolute atomic E-state index is 0.0730. The third-order valence-electron chi connectivity index (χ3n) is 5.54. The second-order valence-electron chi connectivity index (χ2n) is 7.44. The third kappa shape index (κ3) is 4.59. The summed E-state index contributed by atoms with van der Waals surface area (Å²) in [4.78, 5) is 38.4. The molecule has 156 valence electrons. The minimum Gasteiger partial charge on any atom is -0.466 e. The lowest BCUT2D eigenvalue weighted by Gasteiger charge is -2.27. The average molecular weight is 401 g/mol. The molecule has 1 aromatic carbocycles. The molecule has 3 rings (SSSR count). The fourth-order valence-electron chi connectivity index (χ4n) is 3.82. The predicted molar refractivity (Wildman–Crippen MR) is 109 cm³/mol. The Hall–Kier alpha value is -2.87. The summed E-state index contributed by atoms with van der Waals surface area (Å²) in [6.07, 6.45) is 1.43. The van der Waals surface area contributed by atoms with Gasteiger partial charge in [-0.1, -0.05) is 18.2 Å². The molecule has 0 spiro atoms. The number of quaternary nitrogens is 1. The van der Waals surface area contributed by atoms with E-state index >= 15 is 0 Å². The average Bonchev–Trinajstić information content (AvgIpc) is 2.92. The SMILES string of the molecule is CCOC(=O)C1CC[NH+](CC(=O)Nc2c(C)n(C)n(-c3ccccc3)c2=O)CC1. The van der Waals surface area contributed by atoms with Crippen LogP contribution in [0.25, 0.3) is 5.69 Å². The van der Waals surface area contributed by atoms with Gasteiger partial charge in [-0.15, -0.1) is 0 Å². The number of piperidine rings is 1. The van der Waals surface area contributed by atoms with E-state index in [0.29, 0.717) is 30.8 Å². The highest BCUT2D eigenvalue weighted by molar-refractivity contribution is 5.91. The summed E-state index contributed by atoms with van der Waals surface area (Å²) in [6, 6.07) is 9.33. The summed E-state index contributed by atoms with van der Waals surface area (Å²) < 4.78 is 8.37. The van der Waals surface area contributed by atoms with Gasteiger partial charge in [0.05, 0.1) is 37.0 Å². The molecular formula is C21H29N4O4+. The zero-order valence-corrected chi connectivity index (χ0v) is 17.2. The van der Waals surface area contributed by atoms with E-state index < -0.39 is 0 Å². The van der Waals surface area contributed by atoms with Crippen LogP contribution in [-0.2, 0) is 21.4 Å². The Morgan fingerprint density at radius 3 is 2.48 bits per heavy atom. The standard InChI is InChI=1S/C21H28N4O4/c1-4-29-21(28)16-10-12-24(13-11-16)14-18(26)22-19-15(2)23(3)25(20(19)27)17-8-6-5-7-9-17/h5-9,16H,4,10-14H2,1-3H3,(H,22,26)/p+1. The zero-order chi connectivity index (χ0) is 21.0. The van der Waals surface area contributed by atoms with Crippen LogP contribution in [0.5, 0.6) is 0 Å². The number of carbonyl (C=O) groups excluding carboxylic acids is 2. The molecule has 0 atom stereocenters. The first kappa shape index (κ1) is 20.9. The second kappa shape index (κ2) is 9.09. The maximum Gasteiger partial charge on any atom is 0.309 e. The van der Waals surface area contributed by atoms with Gasteiger partial charge in [-0.05, 0) is 26.0 Å². The highest BCUT2D eigenvalue weighted by Crippen LogP contribution is 2.14. The molecule has 1 aromatic heterocycles. The molecule has 0 unspecified atom stereocenters. The summed E-state index contributed by atoms with van der Waals surface area (Å²) in [5.41, 5.74) is 1.50. The maximum atomic E-state index is 12.9. The fraction of sp³-hybridized carbons (Fsp3) is 0.476. The van der Waals surface area contributed by atoms with Crippen molar-refractivity contribution in [1.82, 2.24) is 9.36 Å². The number of nitrogens with one attached hydrogen (secondary N) is 2. The monoisotopic (exact) mass is 401 g/mol. The van der Waals surface area contributed by atoms with Gasteiger partial charge in [-0.3, -0.25) is 19.1 Å². The quantitative estimate of drug-likeness (QED) is 0.681. The predicted octanol–water partition coefficient (Wildman–Crippen LogP) is 0.281. The van der Waals surface area contributed by atoms with Crippen molar-refractivity contribution in [1.29, 1.82) is 0 Å². The van der Waals surface area contributed by atoms with Crippen LogP contribution in [0.3, 0.4) is 0 Å². The highest BCUT2D eigenvalue weighted by Gasteiger charge is 2.29.